The van der Waals surface area contributed by atoms with Crippen molar-refractivity contribution < 1.29 is 9.53 Å². The fourth-order valence-corrected chi connectivity index (χ4v) is 1.75. The Morgan fingerprint density at radius 1 is 1.53 bits per heavy atom. The zero-order valence-corrected chi connectivity index (χ0v) is 11.0. The summed E-state index contributed by atoms with van der Waals surface area (Å²) in [6.45, 7) is 4.21. The molecule has 2 aromatic rings. The Hall–Kier alpha value is -2.18. The molecular formula is C12H17N5O2. The maximum atomic E-state index is 11.3. The van der Waals surface area contributed by atoms with Gasteiger partial charge in [0.15, 0.2) is 5.65 Å². The van der Waals surface area contributed by atoms with Gasteiger partial charge in [0.2, 0.25) is 0 Å². The first-order valence-electron chi connectivity index (χ1n) is 6.27. The van der Waals surface area contributed by atoms with Crippen LogP contribution < -0.4 is 5.32 Å². The van der Waals surface area contributed by atoms with E-state index in [-0.39, 0.29) is 12.0 Å². The number of nitrogens with zero attached hydrogens (tertiary/aromatic N) is 3. The maximum Gasteiger partial charge on any atom is 0.305 e. The van der Waals surface area contributed by atoms with Crippen LogP contribution in [-0.2, 0) is 9.53 Å². The first kappa shape index (κ1) is 13.3. The highest BCUT2D eigenvalue weighted by molar-refractivity contribution is 5.85. The number of rotatable bonds is 6. The molecule has 7 nitrogen and oxygen atoms in total. The van der Waals surface area contributed by atoms with E-state index in [9.17, 15) is 4.79 Å². The molecule has 0 aliphatic carbocycles. The zero-order chi connectivity index (χ0) is 13.7. The summed E-state index contributed by atoms with van der Waals surface area (Å²) in [5.41, 5.74) is 0.690. The molecule has 0 amide bonds. The summed E-state index contributed by atoms with van der Waals surface area (Å²) < 4.78 is 4.89. The fourth-order valence-electron chi connectivity index (χ4n) is 1.75. The molecule has 2 aromatic heterocycles. The van der Waals surface area contributed by atoms with E-state index < -0.39 is 0 Å². The number of aromatic amines is 1. The summed E-state index contributed by atoms with van der Waals surface area (Å²) in [7, 11) is 0. The highest BCUT2D eigenvalue weighted by Crippen LogP contribution is 2.17. The number of anilines is 1. The summed E-state index contributed by atoms with van der Waals surface area (Å²) in [6.07, 6.45) is 4.22. The molecule has 0 spiro atoms. The van der Waals surface area contributed by atoms with Gasteiger partial charge in [-0.2, -0.15) is 5.10 Å². The molecule has 19 heavy (non-hydrogen) atoms. The summed E-state index contributed by atoms with van der Waals surface area (Å²) >= 11 is 0. The van der Waals surface area contributed by atoms with Crippen molar-refractivity contribution in [1.82, 2.24) is 20.2 Å². The van der Waals surface area contributed by atoms with E-state index >= 15 is 0 Å². The topological polar surface area (TPSA) is 92.8 Å². The molecule has 0 aromatic carbocycles. The molecule has 0 saturated carbocycles. The van der Waals surface area contributed by atoms with E-state index in [1.807, 2.05) is 6.92 Å². The summed E-state index contributed by atoms with van der Waals surface area (Å²) in [6, 6.07) is 0.109. The number of hydrogen-bond acceptors (Lipinski definition) is 6. The molecule has 2 N–H and O–H groups in total. The SMILES string of the molecule is CCOC(=O)CCC(C)Nc1ncnc2[nH]ncc12. The van der Waals surface area contributed by atoms with Gasteiger partial charge < -0.3 is 10.1 Å². The molecule has 0 bridgehead atoms. The Morgan fingerprint density at radius 2 is 2.37 bits per heavy atom. The number of carbonyl (C=O) groups excluding carboxylic acids is 1. The van der Waals surface area contributed by atoms with E-state index in [4.69, 9.17) is 4.74 Å². The first-order chi connectivity index (χ1) is 9.20. The molecule has 0 radical (unpaired) electrons. The Morgan fingerprint density at radius 3 is 3.16 bits per heavy atom. The van der Waals surface area contributed by atoms with Crippen molar-refractivity contribution in [1.29, 1.82) is 0 Å². The van der Waals surface area contributed by atoms with E-state index in [0.29, 0.717) is 25.1 Å². The van der Waals surface area contributed by atoms with Crippen LogP contribution in [0.15, 0.2) is 12.5 Å². The molecule has 2 heterocycles. The minimum atomic E-state index is -0.174. The smallest absolute Gasteiger partial charge is 0.305 e. The van der Waals surface area contributed by atoms with Crippen LogP contribution in [0.2, 0.25) is 0 Å². The van der Waals surface area contributed by atoms with Crippen molar-refractivity contribution in [3.05, 3.63) is 12.5 Å². The molecule has 7 heteroatoms. The standard InChI is InChI=1S/C12H17N5O2/c1-3-19-10(18)5-4-8(2)16-11-9-6-15-17-12(9)14-7-13-11/h6-8H,3-5H2,1-2H3,(H2,13,14,15,16,17). The molecule has 0 fully saturated rings. The number of nitrogens with one attached hydrogen (secondary N) is 2. The van der Waals surface area contributed by atoms with Crippen LogP contribution in [-0.4, -0.2) is 38.8 Å². The van der Waals surface area contributed by atoms with Crippen molar-refractivity contribution in [3.8, 4) is 0 Å². The van der Waals surface area contributed by atoms with Crippen LogP contribution in [0.25, 0.3) is 11.0 Å². The molecular weight excluding hydrogens is 246 g/mol. The Balaban J connectivity index is 1.93. The van der Waals surface area contributed by atoms with Gasteiger partial charge in [0, 0.05) is 12.5 Å². The average Bonchev–Trinajstić information content (AvgIpc) is 2.86. The lowest BCUT2D eigenvalue weighted by atomic mass is 10.2. The van der Waals surface area contributed by atoms with Gasteiger partial charge in [0.25, 0.3) is 0 Å². The highest BCUT2D eigenvalue weighted by atomic mass is 16.5. The predicted molar refractivity (Wildman–Crippen MR) is 70.6 cm³/mol. The van der Waals surface area contributed by atoms with E-state index in [2.05, 4.69) is 25.5 Å². The second-order valence-corrected chi connectivity index (χ2v) is 4.24. The number of fused-ring (bicyclic) bond motifs is 1. The Bertz CT molecular complexity index is 554. The van der Waals surface area contributed by atoms with Gasteiger partial charge in [0.1, 0.15) is 12.1 Å². The molecule has 102 valence electrons. The van der Waals surface area contributed by atoms with Crippen LogP contribution in [0, 0.1) is 0 Å². The van der Waals surface area contributed by atoms with Crippen LogP contribution >= 0.6 is 0 Å². The summed E-state index contributed by atoms with van der Waals surface area (Å²) in [4.78, 5) is 19.5. The lowest BCUT2D eigenvalue weighted by Crippen LogP contribution is -2.18. The molecule has 0 aliphatic heterocycles. The summed E-state index contributed by atoms with van der Waals surface area (Å²) in [5, 5.41) is 10.8. The third kappa shape index (κ3) is 3.40. The fraction of sp³-hybridized carbons (Fsp3) is 0.500. The predicted octanol–water partition coefficient (Wildman–Crippen LogP) is 1.50. The number of esters is 1. The van der Waals surface area contributed by atoms with Gasteiger partial charge in [-0.05, 0) is 20.3 Å². The van der Waals surface area contributed by atoms with Gasteiger partial charge in [-0.25, -0.2) is 9.97 Å². The minimum Gasteiger partial charge on any atom is -0.466 e. The quantitative estimate of drug-likeness (QED) is 0.767. The number of ether oxygens (including phenoxy) is 1. The molecule has 1 unspecified atom stereocenters. The van der Waals surface area contributed by atoms with Crippen molar-refractivity contribution in [2.45, 2.75) is 32.7 Å². The van der Waals surface area contributed by atoms with Crippen LogP contribution in [0.5, 0.6) is 0 Å². The second-order valence-electron chi connectivity index (χ2n) is 4.24. The minimum absolute atomic E-state index is 0.109. The third-order valence-corrected chi connectivity index (χ3v) is 2.72. The molecule has 0 aliphatic rings. The van der Waals surface area contributed by atoms with Crippen molar-refractivity contribution in [3.63, 3.8) is 0 Å². The largest absolute Gasteiger partial charge is 0.466 e. The first-order valence-corrected chi connectivity index (χ1v) is 6.27. The van der Waals surface area contributed by atoms with E-state index in [1.54, 1.807) is 13.1 Å². The number of hydrogen-bond donors (Lipinski definition) is 2. The molecule has 0 saturated heterocycles. The lowest BCUT2D eigenvalue weighted by molar-refractivity contribution is -0.143. The van der Waals surface area contributed by atoms with Crippen LogP contribution in [0.4, 0.5) is 5.82 Å². The highest BCUT2D eigenvalue weighted by Gasteiger charge is 2.10. The summed E-state index contributed by atoms with van der Waals surface area (Å²) in [5.74, 6) is 0.544. The Labute approximate surface area is 110 Å². The van der Waals surface area contributed by atoms with E-state index in [1.165, 1.54) is 6.33 Å². The molecule has 2 rings (SSSR count). The number of aromatic nitrogens is 4. The zero-order valence-electron chi connectivity index (χ0n) is 11.0. The van der Waals surface area contributed by atoms with Gasteiger partial charge >= 0.3 is 5.97 Å². The number of H-pyrrole nitrogens is 1. The van der Waals surface area contributed by atoms with Crippen molar-refractivity contribution in [2.24, 2.45) is 0 Å². The van der Waals surface area contributed by atoms with Gasteiger partial charge in [-0.3, -0.25) is 9.89 Å². The average molecular weight is 263 g/mol. The second kappa shape index (κ2) is 6.12. The maximum absolute atomic E-state index is 11.3. The monoisotopic (exact) mass is 263 g/mol. The van der Waals surface area contributed by atoms with Gasteiger partial charge in [0.05, 0.1) is 18.2 Å². The number of carbonyl (C=O) groups is 1. The van der Waals surface area contributed by atoms with Crippen molar-refractivity contribution in [2.75, 3.05) is 11.9 Å². The van der Waals surface area contributed by atoms with Crippen molar-refractivity contribution >= 4 is 22.8 Å². The third-order valence-electron chi connectivity index (χ3n) is 2.72. The normalized spacial score (nSPS) is 12.3. The van der Waals surface area contributed by atoms with E-state index in [0.717, 1.165) is 11.2 Å². The molecule has 1 atom stereocenters. The van der Waals surface area contributed by atoms with Crippen LogP contribution in [0.1, 0.15) is 26.7 Å². The van der Waals surface area contributed by atoms with Crippen LogP contribution in [0.3, 0.4) is 0 Å². The van der Waals surface area contributed by atoms with Gasteiger partial charge in [-0.15, -0.1) is 0 Å². The Kier molecular flexibility index (Phi) is 4.27. The van der Waals surface area contributed by atoms with Gasteiger partial charge in [-0.1, -0.05) is 0 Å². The lowest BCUT2D eigenvalue weighted by Gasteiger charge is -2.14.